The van der Waals surface area contributed by atoms with E-state index >= 15 is 0 Å². The zero-order valence-electron chi connectivity index (χ0n) is 71.0. The summed E-state index contributed by atoms with van der Waals surface area (Å²) in [6.45, 7) is -35.8. The average Bonchev–Trinajstić information content (AvgIpc) is 1.61. The van der Waals surface area contributed by atoms with Crippen molar-refractivity contribution in [2.24, 2.45) is 0 Å². The third-order valence-electron chi connectivity index (χ3n) is 10.4. The molecular weight excluding hydrogens is 767 g/mol. The van der Waals surface area contributed by atoms with E-state index in [-0.39, 0.29) is 50.6 Å². The molecule has 0 radical (unpaired) electrons. The van der Waals surface area contributed by atoms with Gasteiger partial charge in [-0.15, -0.1) is 0 Å². The normalized spacial score (nSPS) is 23.2. The molecule has 320 valence electrons. The maximum absolute atomic E-state index is 13.0. The lowest BCUT2D eigenvalue weighted by Crippen LogP contribution is -2.17. The van der Waals surface area contributed by atoms with Crippen molar-refractivity contribution in [3.63, 3.8) is 0 Å². The van der Waals surface area contributed by atoms with Crippen LogP contribution < -0.4 is 0 Å². The first-order valence-corrected chi connectivity index (χ1v) is 19.3. The van der Waals surface area contributed by atoms with Crippen molar-refractivity contribution in [3.8, 4) is 67.5 Å². The molecule has 8 rings (SSSR count). The minimum atomic E-state index is -4.36. The van der Waals surface area contributed by atoms with E-state index in [1.807, 2.05) is 0 Å². The van der Waals surface area contributed by atoms with Gasteiger partial charge in [-0.25, -0.2) is 4.98 Å². The first kappa shape index (κ1) is 17.4. The van der Waals surface area contributed by atoms with E-state index in [1.54, 1.807) is 57.2 Å². The van der Waals surface area contributed by atoms with Crippen LogP contribution in [0, 0.1) is 6.85 Å². The van der Waals surface area contributed by atoms with Gasteiger partial charge in [-0.3, -0.25) is 9.55 Å². The molecule has 0 aliphatic rings. The first-order valence-electron chi connectivity index (χ1n) is 37.8. The summed E-state index contributed by atoms with van der Waals surface area (Å²) in [5, 5.41) is 13.0. The summed E-state index contributed by atoms with van der Waals surface area (Å²) in [6.07, 6.45) is -0.980. The Kier molecular flexibility index (Phi) is 4.36. The molecule has 0 atom stereocenters. The average molecular weight is 867 g/mol. The highest BCUT2D eigenvalue weighted by molar-refractivity contribution is 5.97. The summed E-state index contributed by atoms with van der Waals surface area (Å²) in [5.41, 5.74) is -22.1. The fourth-order valence-corrected chi connectivity index (χ4v) is 7.18. The summed E-state index contributed by atoms with van der Waals surface area (Å²) >= 11 is 0. The largest absolute Gasteiger partial charge is 0.507 e. The number of phenols is 1. The highest BCUT2D eigenvalue weighted by Crippen LogP contribution is 2.45. The monoisotopic (exact) mass is 867 g/mol. The lowest BCUT2D eigenvalue weighted by molar-refractivity contribution is 0.446. The number of nitrogens with zero attached hydrogens (tertiary/aromatic N) is 3. The van der Waals surface area contributed by atoms with Gasteiger partial charge >= 0.3 is 0 Å². The fourth-order valence-electron chi connectivity index (χ4n) is 7.18. The van der Waals surface area contributed by atoms with Crippen LogP contribution in [0.2, 0.25) is 0 Å². The number of pyridine rings is 1. The van der Waals surface area contributed by atoms with E-state index in [2.05, 4.69) is 4.98 Å². The zero-order chi connectivity index (χ0) is 76.3. The standard InChI is InChI=1S/C59H63N3O/c1-37-30-46(26-27-47(37)39-18-15-14-16-19-39)62-52-21-17-20-48(53(52)61-55(62)49-35-45(58(8,9)10)36-50(54(49)63)59(11,12)13)41-31-42(33-44(32-41)57(5,6)7)51-34-40(28-29-60-51)38-22-24-43(25-23-38)56(2,3)4/h14-36,63H,1-13H3/i1D3,2D3,3D3,4D3,8D3,9D3,10D3,11D3,12D3,13D3,22D,23D,24D,25D,28D,29D,34D. The van der Waals surface area contributed by atoms with E-state index in [0.717, 1.165) is 10.6 Å². The summed E-state index contributed by atoms with van der Waals surface area (Å²) in [4.78, 5) is 9.16. The molecule has 2 aromatic heterocycles. The molecule has 6 aromatic carbocycles. The Morgan fingerprint density at radius 2 is 1.25 bits per heavy atom. The number of aromatic hydroxyl groups is 1. The van der Waals surface area contributed by atoms with E-state index in [1.165, 1.54) is 42.5 Å². The molecule has 0 aliphatic carbocycles. The summed E-state index contributed by atoms with van der Waals surface area (Å²) in [7, 11) is 0. The number of para-hydroxylation sites is 1. The summed E-state index contributed by atoms with van der Waals surface area (Å²) in [6, 6.07) is 13.5. The highest BCUT2D eigenvalue weighted by atomic mass is 16.3. The van der Waals surface area contributed by atoms with Crippen LogP contribution in [0.5, 0.6) is 5.75 Å². The van der Waals surface area contributed by atoms with Gasteiger partial charge < -0.3 is 5.11 Å². The molecule has 1 N–H and O–H groups in total. The number of aryl methyl sites for hydroxylation is 1. The molecule has 0 spiro atoms. The van der Waals surface area contributed by atoms with Crippen LogP contribution in [0.1, 0.15) is 161 Å². The molecule has 0 bridgehead atoms. The number of hydrogen-bond donors (Lipinski definition) is 1. The van der Waals surface area contributed by atoms with Gasteiger partial charge in [0.1, 0.15) is 11.6 Å². The van der Waals surface area contributed by atoms with Crippen LogP contribution in [0.3, 0.4) is 0 Å². The molecule has 8 aromatic rings. The van der Waals surface area contributed by atoms with Gasteiger partial charge in [0.25, 0.3) is 0 Å². The molecule has 0 unspecified atom stereocenters. The number of fused-ring (bicyclic) bond motifs is 1. The second-order valence-corrected chi connectivity index (χ2v) is 16.2. The van der Waals surface area contributed by atoms with Crippen LogP contribution in [0.15, 0.2) is 139 Å². The number of imidazole rings is 1. The molecular formula is C59H63N3O. The number of aromatic nitrogens is 3. The van der Waals surface area contributed by atoms with Crippen molar-refractivity contribution >= 4 is 11.0 Å². The van der Waals surface area contributed by atoms with Gasteiger partial charge in [0.15, 0.2) is 0 Å². The molecule has 2 heterocycles. The van der Waals surface area contributed by atoms with Crippen LogP contribution >= 0.6 is 0 Å². The molecule has 4 heteroatoms. The molecule has 4 nitrogen and oxygen atoms in total. The second-order valence-electron chi connectivity index (χ2n) is 16.2. The minimum Gasteiger partial charge on any atom is -0.507 e. The van der Waals surface area contributed by atoms with E-state index in [0.29, 0.717) is 17.2 Å². The molecule has 0 saturated carbocycles. The highest BCUT2D eigenvalue weighted by Gasteiger charge is 2.29. The van der Waals surface area contributed by atoms with Crippen molar-refractivity contribution < 1.29 is 55.8 Å². The van der Waals surface area contributed by atoms with Gasteiger partial charge in [0.05, 0.1) is 31.9 Å². The Bertz CT molecular complexity index is 4390. The van der Waals surface area contributed by atoms with Crippen molar-refractivity contribution in [3.05, 3.63) is 167 Å². The number of phenolic OH excluding ortho intramolecular Hbond substituents is 1. The van der Waals surface area contributed by atoms with Crippen molar-refractivity contribution in [1.82, 2.24) is 14.5 Å². The lowest BCUT2D eigenvalue weighted by atomic mass is 9.79. The van der Waals surface area contributed by atoms with Crippen LogP contribution in [0.25, 0.3) is 72.7 Å². The Hall–Kier alpha value is -6.26. The molecule has 0 amide bonds. The smallest absolute Gasteiger partial charge is 0.149 e. The van der Waals surface area contributed by atoms with Crippen molar-refractivity contribution in [2.75, 3.05) is 0 Å². The molecule has 0 fully saturated rings. The number of rotatable bonds is 6. The Morgan fingerprint density at radius 3 is 1.95 bits per heavy atom. The Labute approximate surface area is 427 Å². The molecule has 0 saturated heterocycles. The minimum absolute atomic E-state index is 0.0206. The van der Waals surface area contributed by atoms with Gasteiger partial charge in [-0.1, -0.05) is 167 Å². The maximum atomic E-state index is 13.0. The van der Waals surface area contributed by atoms with E-state index in [4.69, 9.17) is 51.6 Å². The summed E-state index contributed by atoms with van der Waals surface area (Å²) < 4.78 is 323. The van der Waals surface area contributed by atoms with Crippen LogP contribution in [-0.2, 0) is 21.7 Å². The quantitative estimate of drug-likeness (QED) is 0.181. The Morgan fingerprint density at radius 1 is 0.556 bits per heavy atom. The lowest BCUT2D eigenvalue weighted by Gasteiger charge is -2.27. The first-order chi connectivity index (χ1) is 45.0. The maximum Gasteiger partial charge on any atom is 0.149 e. The second kappa shape index (κ2) is 15.8. The predicted molar refractivity (Wildman–Crippen MR) is 267 cm³/mol. The Balaban J connectivity index is 1.60. The predicted octanol–water partition coefficient (Wildman–Crippen LogP) is 16.0. The van der Waals surface area contributed by atoms with Gasteiger partial charge in [-0.2, -0.15) is 0 Å². The van der Waals surface area contributed by atoms with Crippen LogP contribution in [-0.4, -0.2) is 19.6 Å². The van der Waals surface area contributed by atoms with E-state index in [9.17, 15) is 9.22 Å². The molecule has 63 heavy (non-hydrogen) atoms. The third kappa shape index (κ3) is 8.61. The van der Waals surface area contributed by atoms with Crippen LogP contribution in [0.4, 0.5) is 0 Å². The fraction of sp³-hybridized carbons (Fsp3) is 0.288. The van der Waals surface area contributed by atoms with Crippen molar-refractivity contribution in [2.45, 2.75) is 111 Å². The van der Waals surface area contributed by atoms with E-state index < -0.39 is 183 Å². The number of hydrogen-bond acceptors (Lipinski definition) is 3. The zero-order valence-corrected chi connectivity index (χ0v) is 34.0. The van der Waals surface area contributed by atoms with Crippen molar-refractivity contribution in [1.29, 1.82) is 0 Å². The topological polar surface area (TPSA) is 50.9 Å². The van der Waals surface area contributed by atoms with Gasteiger partial charge in [0, 0.05) is 69.7 Å². The van der Waals surface area contributed by atoms with Gasteiger partial charge in [-0.05, 0) is 127 Å². The molecule has 0 aliphatic heterocycles. The summed E-state index contributed by atoms with van der Waals surface area (Å²) in [5.74, 6) is -2.44. The SMILES string of the molecule is [2H]c1nc(-c2cc(-c3cccc4c3nc(-c3cc(C(C([2H])([2H])[2H])(C([2H])([2H])[2H])C([2H])([2H])[2H])cc(C(C([2H])([2H])[2H])(C([2H])([2H])[2H])C([2H])([2H])[2H])c3O)n4-c3ccc(-c4ccccc4)c(C([2H])([2H])[2H])c3)cc(C(C)(C)C)c2)c([2H])c(-c2c([2H])c([2H])c(C(C([2H])([2H])[2H])(C([2H])([2H])[2H])C([2H])([2H])[2H])c([2H])c2[2H])c1[2H]. The van der Waals surface area contributed by atoms with Gasteiger partial charge in [0.2, 0.25) is 0 Å². The third-order valence-corrected chi connectivity index (χ3v) is 10.4. The number of benzene rings is 6.